The van der Waals surface area contributed by atoms with Gasteiger partial charge in [-0.15, -0.1) is 0 Å². The SMILES string of the molecule is CCCn1ncc(NC2CCCNCC2)c(Cl)c1=O. The number of hydrogen-bond donors (Lipinski definition) is 2. The molecule has 0 spiro atoms. The molecule has 0 saturated carbocycles. The first-order valence-electron chi connectivity index (χ1n) is 6.95. The highest BCUT2D eigenvalue weighted by molar-refractivity contribution is 6.32. The zero-order chi connectivity index (χ0) is 13.7. The number of halogens is 1. The van der Waals surface area contributed by atoms with E-state index in [1.807, 2.05) is 6.92 Å². The average molecular weight is 285 g/mol. The van der Waals surface area contributed by atoms with E-state index in [0.717, 1.165) is 38.8 Å². The van der Waals surface area contributed by atoms with Crippen LogP contribution in [0.4, 0.5) is 5.69 Å². The lowest BCUT2D eigenvalue weighted by molar-refractivity contribution is 0.566. The van der Waals surface area contributed by atoms with Crippen molar-refractivity contribution in [2.45, 2.75) is 45.2 Å². The van der Waals surface area contributed by atoms with Gasteiger partial charge >= 0.3 is 0 Å². The second-order valence-corrected chi connectivity index (χ2v) is 5.30. The summed E-state index contributed by atoms with van der Waals surface area (Å²) in [4.78, 5) is 12.0. The average Bonchev–Trinajstić information content (AvgIpc) is 2.67. The minimum atomic E-state index is -0.208. The molecule has 0 amide bonds. The Hall–Kier alpha value is -1.07. The van der Waals surface area contributed by atoms with Crippen LogP contribution in [0.25, 0.3) is 0 Å². The number of nitrogens with one attached hydrogen (secondary N) is 2. The first kappa shape index (κ1) is 14.3. The Kier molecular flexibility index (Phi) is 5.22. The number of rotatable bonds is 4. The van der Waals surface area contributed by atoms with Crippen LogP contribution < -0.4 is 16.2 Å². The third kappa shape index (κ3) is 3.70. The first-order chi connectivity index (χ1) is 9.22. The van der Waals surface area contributed by atoms with Crippen LogP contribution in [-0.4, -0.2) is 28.9 Å². The molecular weight excluding hydrogens is 264 g/mol. The summed E-state index contributed by atoms with van der Waals surface area (Å²) in [6, 6.07) is 0.357. The van der Waals surface area contributed by atoms with E-state index in [1.165, 1.54) is 4.68 Å². The highest BCUT2D eigenvalue weighted by Gasteiger charge is 2.15. The molecule has 6 heteroatoms. The summed E-state index contributed by atoms with van der Waals surface area (Å²) >= 11 is 6.14. The summed E-state index contributed by atoms with van der Waals surface area (Å²) in [6.45, 7) is 4.66. The molecule has 1 fully saturated rings. The molecule has 5 nitrogen and oxygen atoms in total. The lowest BCUT2D eigenvalue weighted by Gasteiger charge is -2.18. The standard InChI is InChI=1S/C13H21ClN4O/c1-2-8-18-13(19)12(14)11(9-16-18)17-10-4-3-6-15-7-5-10/h9-10,15,17H,2-8H2,1H3. The van der Waals surface area contributed by atoms with Crippen molar-refractivity contribution in [2.75, 3.05) is 18.4 Å². The fourth-order valence-corrected chi connectivity index (χ4v) is 2.52. The Bertz CT molecular complexity index is 466. The van der Waals surface area contributed by atoms with Crippen LogP contribution >= 0.6 is 11.6 Å². The van der Waals surface area contributed by atoms with E-state index < -0.39 is 0 Å². The largest absolute Gasteiger partial charge is 0.380 e. The van der Waals surface area contributed by atoms with Gasteiger partial charge in [0.1, 0.15) is 5.02 Å². The highest BCUT2D eigenvalue weighted by Crippen LogP contribution is 2.19. The molecule has 1 aliphatic rings. The molecule has 2 rings (SSSR count). The first-order valence-corrected chi connectivity index (χ1v) is 7.33. The van der Waals surface area contributed by atoms with Crippen LogP contribution in [0.3, 0.4) is 0 Å². The second kappa shape index (κ2) is 6.91. The predicted molar refractivity (Wildman–Crippen MR) is 77.9 cm³/mol. The quantitative estimate of drug-likeness (QED) is 0.886. The summed E-state index contributed by atoms with van der Waals surface area (Å²) < 4.78 is 1.42. The van der Waals surface area contributed by atoms with Gasteiger partial charge in [-0.2, -0.15) is 5.10 Å². The molecule has 1 saturated heterocycles. The van der Waals surface area contributed by atoms with Crippen molar-refractivity contribution < 1.29 is 0 Å². The van der Waals surface area contributed by atoms with E-state index in [1.54, 1.807) is 6.20 Å². The molecule has 1 aromatic heterocycles. The fraction of sp³-hybridized carbons (Fsp3) is 0.692. The maximum absolute atomic E-state index is 12.0. The predicted octanol–water partition coefficient (Wildman–Crippen LogP) is 1.86. The van der Waals surface area contributed by atoms with Gasteiger partial charge in [0.25, 0.3) is 5.56 Å². The van der Waals surface area contributed by atoms with Crippen molar-refractivity contribution in [1.82, 2.24) is 15.1 Å². The lowest BCUT2D eigenvalue weighted by Crippen LogP contribution is -2.27. The van der Waals surface area contributed by atoms with Gasteiger partial charge in [0, 0.05) is 12.6 Å². The Morgan fingerprint density at radius 1 is 1.53 bits per heavy atom. The molecule has 0 aliphatic carbocycles. The van der Waals surface area contributed by atoms with E-state index in [4.69, 9.17) is 11.6 Å². The monoisotopic (exact) mass is 284 g/mol. The van der Waals surface area contributed by atoms with Gasteiger partial charge in [-0.3, -0.25) is 4.79 Å². The molecule has 1 unspecified atom stereocenters. The van der Waals surface area contributed by atoms with Crippen molar-refractivity contribution in [3.05, 3.63) is 21.6 Å². The molecule has 1 atom stereocenters. The third-order valence-electron chi connectivity index (χ3n) is 3.36. The number of hydrogen-bond acceptors (Lipinski definition) is 4. The lowest BCUT2D eigenvalue weighted by atomic mass is 10.1. The van der Waals surface area contributed by atoms with Gasteiger partial charge in [0.15, 0.2) is 0 Å². The van der Waals surface area contributed by atoms with Gasteiger partial charge in [0.2, 0.25) is 0 Å². The number of nitrogens with zero attached hydrogens (tertiary/aromatic N) is 2. The van der Waals surface area contributed by atoms with Crippen LogP contribution in [0.15, 0.2) is 11.0 Å². The van der Waals surface area contributed by atoms with Gasteiger partial charge in [-0.1, -0.05) is 18.5 Å². The van der Waals surface area contributed by atoms with Crippen molar-refractivity contribution in [2.24, 2.45) is 0 Å². The summed E-state index contributed by atoms with van der Waals surface area (Å²) in [5.41, 5.74) is 0.450. The molecule has 0 aromatic carbocycles. The Labute approximate surface area is 118 Å². The maximum atomic E-state index is 12.0. The topological polar surface area (TPSA) is 59.0 Å². The fourth-order valence-electron chi connectivity index (χ4n) is 2.32. The zero-order valence-electron chi connectivity index (χ0n) is 11.3. The molecule has 19 heavy (non-hydrogen) atoms. The molecule has 0 bridgehead atoms. The van der Waals surface area contributed by atoms with Gasteiger partial charge in [0.05, 0.1) is 11.9 Å². The summed E-state index contributed by atoms with van der Waals surface area (Å²) in [5.74, 6) is 0. The summed E-state index contributed by atoms with van der Waals surface area (Å²) in [7, 11) is 0. The minimum absolute atomic E-state index is 0.208. The Morgan fingerprint density at radius 3 is 3.16 bits per heavy atom. The van der Waals surface area contributed by atoms with Crippen LogP contribution in [0.2, 0.25) is 5.02 Å². The molecule has 1 aromatic rings. The number of aryl methyl sites for hydroxylation is 1. The maximum Gasteiger partial charge on any atom is 0.287 e. The molecule has 106 valence electrons. The van der Waals surface area contributed by atoms with Crippen molar-refractivity contribution >= 4 is 17.3 Å². The number of anilines is 1. The van der Waals surface area contributed by atoms with Gasteiger partial charge in [-0.25, -0.2) is 4.68 Å². The van der Waals surface area contributed by atoms with E-state index in [0.29, 0.717) is 18.3 Å². The van der Waals surface area contributed by atoms with Crippen molar-refractivity contribution in [3.63, 3.8) is 0 Å². The zero-order valence-corrected chi connectivity index (χ0v) is 12.0. The van der Waals surface area contributed by atoms with E-state index >= 15 is 0 Å². The molecule has 0 radical (unpaired) electrons. The van der Waals surface area contributed by atoms with Crippen LogP contribution in [0, 0.1) is 0 Å². The van der Waals surface area contributed by atoms with E-state index in [9.17, 15) is 4.79 Å². The third-order valence-corrected chi connectivity index (χ3v) is 3.72. The summed E-state index contributed by atoms with van der Waals surface area (Å²) in [5, 5.41) is 11.1. The molecular formula is C13H21ClN4O. The van der Waals surface area contributed by atoms with Crippen LogP contribution in [0.1, 0.15) is 32.6 Å². The van der Waals surface area contributed by atoms with E-state index in [-0.39, 0.29) is 10.6 Å². The molecule has 1 aliphatic heterocycles. The smallest absolute Gasteiger partial charge is 0.287 e. The Balaban J connectivity index is 2.12. The van der Waals surface area contributed by atoms with Gasteiger partial charge < -0.3 is 10.6 Å². The number of aromatic nitrogens is 2. The van der Waals surface area contributed by atoms with Crippen molar-refractivity contribution in [1.29, 1.82) is 0 Å². The van der Waals surface area contributed by atoms with E-state index in [2.05, 4.69) is 15.7 Å². The van der Waals surface area contributed by atoms with Crippen LogP contribution in [-0.2, 0) is 6.54 Å². The minimum Gasteiger partial charge on any atom is -0.380 e. The van der Waals surface area contributed by atoms with Crippen molar-refractivity contribution in [3.8, 4) is 0 Å². The van der Waals surface area contributed by atoms with Gasteiger partial charge in [-0.05, 0) is 38.8 Å². The van der Waals surface area contributed by atoms with Crippen LogP contribution in [0.5, 0.6) is 0 Å². The normalized spacial score (nSPS) is 20.0. The second-order valence-electron chi connectivity index (χ2n) is 4.92. The Morgan fingerprint density at radius 2 is 2.37 bits per heavy atom. The summed E-state index contributed by atoms with van der Waals surface area (Å²) in [6.07, 6.45) is 5.79. The highest BCUT2D eigenvalue weighted by atomic mass is 35.5. The molecule has 2 N–H and O–H groups in total. The molecule has 2 heterocycles.